The molecule has 0 bridgehead atoms. The summed E-state index contributed by atoms with van der Waals surface area (Å²) in [7, 11) is -1.60. The van der Waals surface area contributed by atoms with Crippen LogP contribution < -0.4 is 0 Å². The van der Waals surface area contributed by atoms with Crippen molar-refractivity contribution in [2.45, 2.75) is 45.3 Å². The molecule has 0 heterocycles. The first kappa shape index (κ1) is 15.5. The van der Waals surface area contributed by atoms with Crippen molar-refractivity contribution in [3.8, 4) is 0 Å². The monoisotopic (exact) mass is 288 g/mol. The standard InChI is InChI=1S/C18H28OSi/c1-14(15-10-8-7-9-11-15)17-12-16(17)13-19-20(5,6)18(2,3)4/h7-11,16-17H,1,12-13H2,2-6H3/t16-,17-/m1/s1. The van der Waals surface area contributed by atoms with Gasteiger partial charge in [0, 0.05) is 6.61 Å². The molecule has 0 saturated heterocycles. The minimum atomic E-state index is -1.60. The van der Waals surface area contributed by atoms with Gasteiger partial charge in [-0.15, -0.1) is 0 Å². The minimum absolute atomic E-state index is 0.299. The molecule has 1 saturated carbocycles. The van der Waals surface area contributed by atoms with Crippen molar-refractivity contribution in [2.24, 2.45) is 11.8 Å². The Labute approximate surface area is 125 Å². The first-order valence-electron chi connectivity index (χ1n) is 7.60. The molecule has 0 amide bonds. The van der Waals surface area contributed by atoms with E-state index in [0.29, 0.717) is 16.9 Å². The minimum Gasteiger partial charge on any atom is -0.417 e. The Morgan fingerprint density at radius 1 is 1.25 bits per heavy atom. The fourth-order valence-corrected chi connectivity index (χ4v) is 3.32. The maximum atomic E-state index is 6.33. The smallest absolute Gasteiger partial charge is 0.191 e. The molecule has 0 unspecified atom stereocenters. The van der Waals surface area contributed by atoms with Crippen LogP contribution in [0, 0.1) is 11.8 Å². The molecule has 1 aromatic rings. The van der Waals surface area contributed by atoms with Crippen molar-refractivity contribution in [3.63, 3.8) is 0 Å². The normalized spacial score (nSPS) is 22.6. The SMILES string of the molecule is C=C(c1ccccc1)[C@H]1C[C@@H]1CO[Si](C)(C)C(C)(C)C. The lowest BCUT2D eigenvalue weighted by atomic mass is 10.0. The van der Waals surface area contributed by atoms with Crippen LogP contribution in [0.1, 0.15) is 32.8 Å². The topological polar surface area (TPSA) is 9.23 Å². The molecule has 1 aliphatic carbocycles. The van der Waals surface area contributed by atoms with Crippen LogP contribution in [-0.2, 0) is 4.43 Å². The number of benzene rings is 1. The van der Waals surface area contributed by atoms with E-state index in [1.54, 1.807) is 0 Å². The molecule has 1 aromatic carbocycles. The third-order valence-corrected chi connectivity index (χ3v) is 9.48. The molecule has 0 aromatic heterocycles. The highest BCUT2D eigenvalue weighted by molar-refractivity contribution is 6.74. The summed E-state index contributed by atoms with van der Waals surface area (Å²) in [5.74, 6) is 1.30. The highest BCUT2D eigenvalue weighted by atomic mass is 28.4. The summed E-state index contributed by atoms with van der Waals surface area (Å²) in [5.41, 5.74) is 2.57. The predicted molar refractivity (Wildman–Crippen MR) is 90.2 cm³/mol. The first-order valence-corrected chi connectivity index (χ1v) is 10.5. The van der Waals surface area contributed by atoms with E-state index in [0.717, 1.165) is 6.61 Å². The van der Waals surface area contributed by atoms with Gasteiger partial charge in [-0.3, -0.25) is 0 Å². The molecular weight excluding hydrogens is 260 g/mol. The van der Waals surface area contributed by atoms with Gasteiger partial charge in [-0.1, -0.05) is 57.7 Å². The quantitative estimate of drug-likeness (QED) is 0.663. The van der Waals surface area contributed by atoms with Gasteiger partial charge in [-0.25, -0.2) is 0 Å². The second-order valence-electron chi connectivity index (χ2n) is 7.56. The third-order valence-electron chi connectivity index (χ3n) is 4.98. The first-order chi connectivity index (χ1) is 9.22. The van der Waals surface area contributed by atoms with Gasteiger partial charge in [-0.2, -0.15) is 0 Å². The molecule has 0 spiro atoms. The summed E-state index contributed by atoms with van der Waals surface area (Å²) < 4.78 is 6.33. The molecule has 1 fully saturated rings. The van der Waals surface area contributed by atoms with E-state index in [2.05, 4.69) is 70.8 Å². The number of hydrogen-bond acceptors (Lipinski definition) is 1. The second kappa shape index (κ2) is 5.49. The van der Waals surface area contributed by atoms with Crippen LogP contribution in [0.3, 0.4) is 0 Å². The van der Waals surface area contributed by atoms with Gasteiger partial charge in [-0.05, 0) is 47.5 Å². The molecule has 2 heteroatoms. The Morgan fingerprint density at radius 2 is 1.85 bits per heavy atom. The summed E-state index contributed by atoms with van der Waals surface area (Å²) in [6.45, 7) is 16.7. The average molecular weight is 289 g/mol. The van der Waals surface area contributed by atoms with Crippen LogP contribution in [0.5, 0.6) is 0 Å². The van der Waals surface area contributed by atoms with Crippen LogP contribution in [-0.4, -0.2) is 14.9 Å². The molecule has 0 N–H and O–H groups in total. The van der Waals surface area contributed by atoms with Gasteiger partial charge < -0.3 is 4.43 Å². The van der Waals surface area contributed by atoms with Gasteiger partial charge in [0.1, 0.15) is 0 Å². The summed E-state index contributed by atoms with van der Waals surface area (Å²) in [6, 6.07) is 10.6. The molecule has 0 radical (unpaired) electrons. The van der Waals surface area contributed by atoms with Gasteiger partial charge >= 0.3 is 0 Å². The van der Waals surface area contributed by atoms with E-state index >= 15 is 0 Å². The highest BCUT2D eigenvalue weighted by Gasteiger charge is 2.43. The van der Waals surface area contributed by atoms with Crippen molar-refractivity contribution in [3.05, 3.63) is 42.5 Å². The molecule has 110 valence electrons. The summed E-state index contributed by atoms with van der Waals surface area (Å²) in [6.07, 6.45) is 1.24. The molecule has 20 heavy (non-hydrogen) atoms. The van der Waals surface area contributed by atoms with Crippen LogP contribution in [0.15, 0.2) is 36.9 Å². The molecule has 2 rings (SSSR count). The fourth-order valence-electron chi connectivity index (χ4n) is 2.26. The fraction of sp³-hybridized carbons (Fsp3) is 0.556. The Kier molecular flexibility index (Phi) is 4.26. The van der Waals surface area contributed by atoms with Crippen molar-refractivity contribution in [1.82, 2.24) is 0 Å². The predicted octanol–water partition coefficient (Wildman–Crippen LogP) is 5.36. The van der Waals surface area contributed by atoms with Crippen molar-refractivity contribution in [2.75, 3.05) is 6.61 Å². The maximum absolute atomic E-state index is 6.33. The van der Waals surface area contributed by atoms with E-state index in [1.165, 1.54) is 17.6 Å². The van der Waals surface area contributed by atoms with Crippen molar-refractivity contribution < 1.29 is 4.43 Å². The zero-order valence-electron chi connectivity index (χ0n) is 13.6. The Bertz CT molecular complexity index is 470. The molecule has 2 atom stereocenters. The Hall–Kier alpha value is -0.863. The zero-order valence-corrected chi connectivity index (χ0v) is 14.6. The summed E-state index contributed by atoms with van der Waals surface area (Å²) in [5, 5.41) is 0.299. The van der Waals surface area contributed by atoms with E-state index in [4.69, 9.17) is 4.43 Å². The van der Waals surface area contributed by atoms with Crippen molar-refractivity contribution in [1.29, 1.82) is 0 Å². The number of hydrogen-bond donors (Lipinski definition) is 0. The number of rotatable bonds is 5. The molecular formula is C18H28OSi. The van der Waals surface area contributed by atoms with Gasteiger partial charge in [0.05, 0.1) is 0 Å². The van der Waals surface area contributed by atoms with Gasteiger partial charge in [0.25, 0.3) is 0 Å². The Morgan fingerprint density at radius 3 is 2.40 bits per heavy atom. The van der Waals surface area contributed by atoms with Gasteiger partial charge in [0.2, 0.25) is 0 Å². The largest absolute Gasteiger partial charge is 0.417 e. The number of allylic oxidation sites excluding steroid dienone is 1. The van der Waals surface area contributed by atoms with E-state index in [-0.39, 0.29) is 0 Å². The van der Waals surface area contributed by atoms with Crippen LogP contribution in [0.4, 0.5) is 0 Å². The summed E-state index contributed by atoms with van der Waals surface area (Å²) in [4.78, 5) is 0. The van der Waals surface area contributed by atoms with Crippen LogP contribution in [0.2, 0.25) is 18.1 Å². The Balaban J connectivity index is 1.86. The van der Waals surface area contributed by atoms with Crippen LogP contribution >= 0.6 is 0 Å². The zero-order chi connectivity index (χ0) is 15.0. The second-order valence-corrected chi connectivity index (χ2v) is 12.4. The van der Waals surface area contributed by atoms with E-state index in [9.17, 15) is 0 Å². The highest BCUT2D eigenvalue weighted by Crippen LogP contribution is 2.48. The van der Waals surface area contributed by atoms with Crippen LogP contribution in [0.25, 0.3) is 5.57 Å². The third kappa shape index (κ3) is 3.42. The van der Waals surface area contributed by atoms with Crippen molar-refractivity contribution >= 4 is 13.9 Å². The van der Waals surface area contributed by atoms with Gasteiger partial charge in [0.15, 0.2) is 8.32 Å². The molecule has 1 aliphatic rings. The van der Waals surface area contributed by atoms with E-state index in [1.807, 2.05) is 0 Å². The molecule has 1 nitrogen and oxygen atoms in total. The maximum Gasteiger partial charge on any atom is 0.191 e. The average Bonchev–Trinajstić information content (AvgIpc) is 3.15. The van der Waals surface area contributed by atoms with E-state index < -0.39 is 8.32 Å². The molecule has 0 aliphatic heterocycles. The lowest BCUT2D eigenvalue weighted by Crippen LogP contribution is -2.41. The summed E-state index contributed by atoms with van der Waals surface area (Å²) >= 11 is 0. The lowest BCUT2D eigenvalue weighted by Gasteiger charge is -2.36. The lowest BCUT2D eigenvalue weighted by molar-refractivity contribution is 0.269.